The van der Waals surface area contributed by atoms with E-state index in [-0.39, 0.29) is 17.5 Å². The molecule has 1 atom stereocenters. The van der Waals surface area contributed by atoms with Gasteiger partial charge in [0.1, 0.15) is 6.04 Å². The van der Waals surface area contributed by atoms with Gasteiger partial charge in [-0.15, -0.1) is 5.10 Å². The van der Waals surface area contributed by atoms with Gasteiger partial charge < -0.3 is 20.4 Å². The number of likely N-dealkylation sites (N-methyl/N-ethyl adjacent to an activating group) is 1. The van der Waals surface area contributed by atoms with Crippen molar-refractivity contribution in [2.75, 3.05) is 11.9 Å². The summed E-state index contributed by atoms with van der Waals surface area (Å²) < 4.78 is 5.40. The molecule has 3 N–H and O–H groups in total. The summed E-state index contributed by atoms with van der Waals surface area (Å²) in [4.78, 5) is 11.5. The van der Waals surface area contributed by atoms with Crippen LogP contribution in [-0.4, -0.2) is 34.2 Å². The maximum atomic E-state index is 11.5. The molecule has 1 amide bonds. The molecule has 0 fully saturated rings. The highest BCUT2D eigenvalue weighted by molar-refractivity contribution is 5.83. The minimum absolute atomic E-state index is 0.0175. The molecule has 0 saturated carbocycles. The van der Waals surface area contributed by atoms with Crippen LogP contribution in [0.25, 0.3) is 0 Å². The summed E-state index contributed by atoms with van der Waals surface area (Å²) in [5.41, 5.74) is -0.0175. The molecule has 0 saturated heterocycles. The van der Waals surface area contributed by atoms with E-state index in [4.69, 9.17) is 4.42 Å². The Hall–Kier alpha value is -1.63. The predicted octanol–water partition coefficient (Wildman–Crippen LogP) is 0.894. The molecule has 0 aliphatic carbocycles. The van der Waals surface area contributed by atoms with Gasteiger partial charge in [-0.1, -0.05) is 5.10 Å². The average molecular weight is 269 g/mol. The number of rotatable bonds is 6. The lowest BCUT2D eigenvalue weighted by Gasteiger charge is -2.18. The molecule has 1 aromatic rings. The molecular weight excluding hydrogens is 246 g/mol. The second-order valence-corrected chi connectivity index (χ2v) is 5.37. The Labute approximate surface area is 113 Å². The summed E-state index contributed by atoms with van der Waals surface area (Å²) >= 11 is 0. The number of carbonyl (C=O) groups excluding carboxylic acids is 1. The lowest BCUT2D eigenvalue weighted by molar-refractivity contribution is -0.121. The van der Waals surface area contributed by atoms with E-state index in [1.54, 1.807) is 6.92 Å². The third-order valence-electron chi connectivity index (χ3n) is 2.32. The lowest BCUT2D eigenvalue weighted by atomic mass is 10.1. The largest absolute Gasteiger partial charge is 0.407 e. The minimum atomic E-state index is -0.413. The van der Waals surface area contributed by atoms with E-state index in [2.05, 4.69) is 46.9 Å². The number of hydrogen-bond donors (Lipinski definition) is 3. The van der Waals surface area contributed by atoms with Gasteiger partial charge in [-0.25, -0.2) is 0 Å². The molecule has 7 nitrogen and oxygen atoms in total. The Balaban J connectivity index is 2.48. The SMILES string of the molecule is CCNC(=O)C(C)Nc1nnc(CNC(C)(C)C)o1. The molecule has 7 heteroatoms. The van der Waals surface area contributed by atoms with Crippen LogP contribution < -0.4 is 16.0 Å². The summed E-state index contributed by atoms with van der Waals surface area (Å²) in [6.45, 7) is 10.9. The van der Waals surface area contributed by atoms with Crippen LogP contribution in [0.15, 0.2) is 4.42 Å². The zero-order valence-electron chi connectivity index (χ0n) is 12.2. The van der Waals surface area contributed by atoms with Crippen molar-refractivity contribution in [3.8, 4) is 0 Å². The molecule has 1 rings (SSSR count). The van der Waals surface area contributed by atoms with Gasteiger partial charge in [0.2, 0.25) is 11.8 Å². The minimum Gasteiger partial charge on any atom is -0.407 e. The second kappa shape index (κ2) is 6.51. The van der Waals surface area contributed by atoms with Crippen molar-refractivity contribution in [2.24, 2.45) is 0 Å². The van der Waals surface area contributed by atoms with Crippen molar-refractivity contribution in [3.63, 3.8) is 0 Å². The first kappa shape index (κ1) is 15.4. The van der Waals surface area contributed by atoms with Crippen molar-refractivity contribution in [3.05, 3.63) is 5.89 Å². The summed E-state index contributed by atoms with van der Waals surface area (Å²) in [6.07, 6.45) is 0. The Morgan fingerprint density at radius 2 is 2.05 bits per heavy atom. The summed E-state index contributed by atoms with van der Waals surface area (Å²) in [6, 6.07) is -0.159. The number of aromatic nitrogens is 2. The first-order chi connectivity index (χ1) is 8.81. The van der Waals surface area contributed by atoms with E-state index in [0.717, 1.165) is 0 Å². The van der Waals surface area contributed by atoms with Crippen molar-refractivity contribution in [1.82, 2.24) is 20.8 Å². The predicted molar refractivity (Wildman–Crippen MR) is 72.7 cm³/mol. The van der Waals surface area contributed by atoms with Crippen molar-refractivity contribution in [2.45, 2.75) is 52.7 Å². The van der Waals surface area contributed by atoms with Crippen LogP contribution in [0.3, 0.4) is 0 Å². The first-order valence-electron chi connectivity index (χ1n) is 6.43. The topological polar surface area (TPSA) is 92.1 Å². The molecular formula is C12H23N5O2. The Bertz CT molecular complexity index is 410. The van der Waals surface area contributed by atoms with Gasteiger partial charge >= 0.3 is 6.01 Å². The van der Waals surface area contributed by atoms with Crippen LogP contribution >= 0.6 is 0 Å². The monoisotopic (exact) mass is 269 g/mol. The maximum absolute atomic E-state index is 11.5. The highest BCUT2D eigenvalue weighted by Gasteiger charge is 2.16. The average Bonchev–Trinajstić information content (AvgIpc) is 2.73. The maximum Gasteiger partial charge on any atom is 0.316 e. The fourth-order valence-corrected chi connectivity index (χ4v) is 1.30. The van der Waals surface area contributed by atoms with Crippen molar-refractivity contribution >= 4 is 11.9 Å². The normalized spacial score (nSPS) is 13.1. The number of carbonyl (C=O) groups is 1. The van der Waals surface area contributed by atoms with Crippen LogP contribution in [0.2, 0.25) is 0 Å². The Morgan fingerprint density at radius 3 is 2.63 bits per heavy atom. The van der Waals surface area contributed by atoms with E-state index < -0.39 is 6.04 Å². The third-order valence-corrected chi connectivity index (χ3v) is 2.32. The van der Waals surface area contributed by atoms with Gasteiger partial charge in [-0.05, 0) is 34.6 Å². The zero-order valence-corrected chi connectivity index (χ0v) is 12.2. The summed E-state index contributed by atoms with van der Waals surface area (Å²) in [5, 5.41) is 16.6. The number of anilines is 1. The van der Waals surface area contributed by atoms with Crippen LogP contribution in [0.4, 0.5) is 6.01 Å². The fourth-order valence-electron chi connectivity index (χ4n) is 1.30. The van der Waals surface area contributed by atoms with Gasteiger partial charge in [-0.2, -0.15) is 0 Å². The highest BCUT2D eigenvalue weighted by atomic mass is 16.4. The molecule has 0 spiro atoms. The fraction of sp³-hybridized carbons (Fsp3) is 0.750. The van der Waals surface area contributed by atoms with Crippen molar-refractivity contribution < 1.29 is 9.21 Å². The zero-order chi connectivity index (χ0) is 14.5. The van der Waals surface area contributed by atoms with E-state index in [1.807, 2.05) is 6.92 Å². The molecule has 0 bridgehead atoms. The first-order valence-corrected chi connectivity index (χ1v) is 6.43. The van der Waals surface area contributed by atoms with Crippen LogP contribution in [-0.2, 0) is 11.3 Å². The number of amides is 1. The summed E-state index contributed by atoms with van der Waals surface area (Å²) in [7, 11) is 0. The number of nitrogens with one attached hydrogen (secondary N) is 3. The lowest BCUT2D eigenvalue weighted by Crippen LogP contribution is -2.37. The molecule has 108 valence electrons. The molecule has 0 aliphatic rings. The molecule has 19 heavy (non-hydrogen) atoms. The number of hydrogen-bond acceptors (Lipinski definition) is 6. The van der Waals surface area contributed by atoms with Crippen LogP contribution in [0.1, 0.15) is 40.5 Å². The van der Waals surface area contributed by atoms with E-state index in [1.165, 1.54) is 0 Å². The highest BCUT2D eigenvalue weighted by Crippen LogP contribution is 2.08. The van der Waals surface area contributed by atoms with Crippen molar-refractivity contribution in [1.29, 1.82) is 0 Å². The number of nitrogens with zero attached hydrogens (tertiary/aromatic N) is 2. The van der Waals surface area contributed by atoms with E-state index >= 15 is 0 Å². The molecule has 0 aliphatic heterocycles. The van der Waals surface area contributed by atoms with Crippen LogP contribution in [0.5, 0.6) is 0 Å². The third kappa shape index (κ3) is 5.69. The molecule has 1 heterocycles. The molecule has 0 aromatic carbocycles. The van der Waals surface area contributed by atoms with E-state index in [9.17, 15) is 4.79 Å². The van der Waals surface area contributed by atoms with Crippen LogP contribution in [0, 0.1) is 0 Å². The van der Waals surface area contributed by atoms with Gasteiger partial charge in [0.15, 0.2) is 0 Å². The quantitative estimate of drug-likeness (QED) is 0.710. The second-order valence-electron chi connectivity index (χ2n) is 5.37. The van der Waals surface area contributed by atoms with Gasteiger partial charge in [-0.3, -0.25) is 4.79 Å². The Morgan fingerprint density at radius 1 is 1.37 bits per heavy atom. The van der Waals surface area contributed by atoms with Gasteiger partial charge in [0.05, 0.1) is 6.54 Å². The standard InChI is InChI=1S/C12H23N5O2/c1-6-13-10(18)8(2)15-11-17-16-9(19-11)7-14-12(3,4)5/h8,14H,6-7H2,1-5H3,(H,13,18)(H,15,17). The summed E-state index contributed by atoms with van der Waals surface area (Å²) in [5.74, 6) is 0.385. The molecule has 1 aromatic heterocycles. The van der Waals surface area contributed by atoms with Gasteiger partial charge in [0, 0.05) is 12.1 Å². The Kier molecular flexibility index (Phi) is 5.29. The smallest absolute Gasteiger partial charge is 0.316 e. The molecule has 0 radical (unpaired) electrons. The molecule has 1 unspecified atom stereocenters. The van der Waals surface area contributed by atoms with E-state index in [0.29, 0.717) is 19.0 Å². The van der Waals surface area contributed by atoms with Gasteiger partial charge in [0.25, 0.3) is 0 Å².